The minimum atomic E-state index is -0.330. The average molecular weight is 397 g/mol. The van der Waals surface area contributed by atoms with Crippen LogP contribution in [-0.4, -0.2) is 71.1 Å². The van der Waals surface area contributed by atoms with Crippen molar-refractivity contribution in [2.45, 2.75) is 20.4 Å². The fraction of sp³-hybridized carbons (Fsp3) is 0.429. The SMILES string of the molecule is CCOC(=O)N1CCN(C(=O)c2cc(N(CC)Cc3ccccc3)ncn2)CC1. The molecule has 1 aromatic carbocycles. The molecule has 0 saturated carbocycles. The van der Waals surface area contributed by atoms with Gasteiger partial charge in [-0.05, 0) is 19.4 Å². The van der Waals surface area contributed by atoms with Gasteiger partial charge in [-0.3, -0.25) is 4.79 Å². The standard InChI is InChI=1S/C21H27N5O3/c1-3-24(15-17-8-6-5-7-9-17)19-14-18(22-16-23-19)20(27)25-10-12-26(13-11-25)21(28)29-4-2/h5-9,14,16H,3-4,10-13,15H2,1-2H3. The summed E-state index contributed by atoms with van der Waals surface area (Å²) in [7, 11) is 0. The first-order valence-electron chi connectivity index (χ1n) is 9.94. The summed E-state index contributed by atoms with van der Waals surface area (Å²) in [5.74, 6) is 0.577. The van der Waals surface area contributed by atoms with Crippen molar-refractivity contribution in [3.05, 3.63) is 54.0 Å². The van der Waals surface area contributed by atoms with Crippen molar-refractivity contribution in [1.29, 1.82) is 0 Å². The van der Waals surface area contributed by atoms with Crippen LogP contribution in [0.4, 0.5) is 10.6 Å². The molecule has 0 spiro atoms. The van der Waals surface area contributed by atoms with Crippen LogP contribution in [0.25, 0.3) is 0 Å². The predicted molar refractivity (Wildman–Crippen MR) is 110 cm³/mol. The Labute approximate surface area is 171 Å². The number of nitrogens with zero attached hydrogens (tertiary/aromatic N) is 5. The maximum Gasteiger partial charge on any atom is 0.409 e. The first-order chi connectivity index (χ1) is 14.1. The summed E-state index contributed by atoms with van der Waals surface area (Å²) in [5, 5.41) is 0. The van der Waals surface area contributed by atoms with Crippen LogP contribution in [0.15, 0.2) is 42.7 Å². The van der Waals surface area contributed by atoms with Gasteiger partial charge in [0.2, 0.25) is 0 Å². The lowest BCUT2D eigenvalue weighted by molar-refractivity contribution is 0.0566. The van der Waals surface area contributed by atoms with Crippen LogP contribution in [0.3, 0.4) is 0 Å². The lowest BCUT2D eigenvalue weighted by Gasteiger charge is -2.34. The molecular formula is C21H27N5O3. The van der Waals surface area contributed by atoms with Crippen LogP contribution < -0.4 is 4.90 Å². The number of aromatic nitrogens is 2. The van der Waals surface area contributed by atoms with Gasteiger partial charge in [0.15, 0.2) is 0 Å². The van der Waals surface area contributed by atoms with Crippen molar-refractivity contribution < 1.29 is 14.3 Å². The molecule has 8 heteroatoms. The van der Waals surface area contributed by atoms with Gasteiger partial charge in [0.05, 0.1) is 6.61 Å². The van der Waals surface area contributed by atoms with Gasteiger partial charge in [-0.2, -0.15) is 0 Å². The molecule has 154 valence electrons. The lowest BCUT2D eigenvalue weighted by Crippen LogP contribution is -2.50. The highest BCUT2D eigenvalue weighted by atomic mass is 16.6. The van der Waals surface area contributed by atoms with Crippen LogP contribution in [0.2, 0.25) is 0 Å². The summed E-state index contributed by atoms with van der Waals surface area (Å²) in [6.07, 6.45) is 1.11. The molecule has 1 saturated heterocycles. The van der Waals surface area contributed by atoms with Gasteiger partial charge >= 0.3 is 6.09 Å². The van der Waals surface area contributed by atoms with E-state index >= 15 is 0 Å². The molecule has 3 rings (SSSR count). The quantitative estimate of drug-likeness (QED) is 0.745. The molecule has 1 aromatic heterocycles. The fourth-order valence-corrected chi connectivity index (χ4v) is 3.26. The van der Waals surface area contributed by atoms with E-state index in [1.807, 2.05) is 18.2 Å². The second-order valence-electron chi connectivity index (χ2n) is 6.74. The van der Waals surface area contributed by atoms with Crippen molar-refractivity contribution in [1.82, 2.24) is 19.8 Å². The Morgan fingerprint density at radius 1 is 1.03 bits per heavy atom. The van der Waals surface area contributed by atoms with E-state index in [4.69, 9.17) is 4.74 Å². The zero-order valence-electron chi connectivity index (χ0n) is 17.0. The van der Waals surface area contributed by atoms with Gasteiger partial charge in [0, 0.05) is 45.3 Å². The highest BCUT2D eigenvalue weighted by molar-refractivity contribution is 5.93. The third-order valence-corrected chi connectivity index (χ3v) is 4.89. The maximum atomic E-state index is 12.9. The van der Waals surface area contributed by atoms with Crippen LogP contribution in [0.1, 0.15) is 29.9 Å². The predicted octanol–water partition coefficient (Wildman–Crippen LogP) is 2.42. The molecule has 2 heterocycles. The van der Waals surface area contributed by atoms with Crippen molar-refractivity contribution >= 4 is 17.8 Å². The summed E-state index contributed by atoms with van der Waals surface area (Å²) >= 11 is 0. The number of rotatable bonds is 6. The Morgan fingerprint density at radius 2 is 1.72 bits per heavy atom. The molecule has 0 unspecified atom stereocenters. The molecule has 0 atom stereocenters. The summed E-state index contributed by atoms with van der Waals surface area (Å²) in [6.45, 7) is 7.48. The van der Waals surface area contributed by atoms with E-state index in [1.54, 1.807) is 22.8 Å². The number of hydrogen-bond donors (Lipinski definition) is 0. The molecule has 1 aliphatic rings. The molecule has 0 aliphatic carbocycles. The molecule has 0 N–H and O–H groups in total. The summed E-state index contributed by atoms with van der Waals surface area (Å²) in [6, 6.07) is 11.9. The Morgan fingerprint density at radius 3 is 2.38 bits per heavy atom. The number of amides is 2. The Hall–Kier alpha value is -3.16. The minimum absolute atomic E-state index is 0.145. The van der Waals surface area contributed by atoms with Crippen LogP contribution in [0.5, 0.6) is 0 Å². The third kappa shape index (κ3) is 5.22. The highest BCUT2D eigenvalue weighted by Gasteiger charge is 2.26. The molecular weight excluding hydrogens is 370 g/mol. The number of carbonyl (C=O) groups is 2. The Balaban J connectivity index is 1.65. The number of carbonyl (C=O) groups excluding carboxylic acids is 2. The number of piperazine rings is 1. The van der Waals surface area contributed by atoms with Crippen LogP contribution in [0, 0.1) is 0 Å². The Bertz CT molecular complexity index is 822. The van der Waals surface area contributed by atoms with E-state index in [2.05, 4.69) is 33.9 Å². The van der Waals surface area contributed by atoms with Crippen molar-refractivity contribution in [3.63, 3.8) is 0 Å². The van der Waals surface area contributed by atoms with Gasteiger partial charge < -0.3 is 19.4 Å². The lowest BCUT2D eigenvalue weighted by atomic mass is 10.2. The first kappa shape index (κ1) is 20.6. The Kier molecular flexibility index (Phi) is 6.99. The molecule has 2 amide bonds. The zero-order valence-corrected chi connectivity index (χ0v) is 17.0. The number of hydrogen-bond acceptors (Lipinski definition) is 6. The number of benzene rings is 1. The van der Waals surface area contributed by atoms with Crippen molar-refractivity contribution in [2.75, 3.05) is 44.2 Å². The van der Waals surface area contributed by atoms with Gasteiger partial charge in [-0.1, -0.05) is 30.3 Å². The van der Waals surface area contributed by atoms with E-state index in [0.29, 0.717) is 45.0 Å². The van der Waals surface area contributed by atoms with E-state index in [-0.39, 0.29) is 12.0 Å². The molecule has 0 bridgehead atoms. The first-order valence-corrected chi connectivity index (χ1v) is 9.94. The van der Waals surface area contributed by atoms with Crippen LogP contribution >= 0.6 is 0 Å². The monoisotopic (exact) mass is 397 g/mol. The number of anilines is 1. The van der Waals surface area contributed by atoms with Crippen LogP contribution in [-0.2, 0) is 11.3 Å². The molecule has 1 aliphatic heterocycles. The van der Waals surface area contributed by atoms with Gasteiger partial charge in [0.1, 0.15) is 17.8 Å². The third-order valence-electron chi connectivity index (χ3n) is 4.89. The zero-order chi connectivity index (χ0) is 20.6. The van der Waals surface area contributed by atoms with E-state index in [1.165, 1.54) is 11.9 Å². The molecule has 1 fully saturated rings. The van der Waals surface area contributed by atoms with E-state index in [0.717, 1.165) is 12.4 Å². The van der Waals surface area contributed by atoms with Crippen molar-refractivity contribution in [3.8, 4) is 0 Å². The summed E-state index contributed by atoms with van der Waals surface area (Å²) < 4.78 is 5.02. The topological polar surface area (TPSA) is 78.9 Å². The highest BCUT2D eigenvalue weighted by Crippen LogP contribution is 2.16. The maximum absolute atomic E-state index is 12.9. The van der Waals surface area contributed by atoms with Gasteiger partial charge in [0.25, 0.3) is 5.91 Å². The van der Waals surface area contributed by atoms with Gasteiger partial charge in [-0.25, -0.2) is 14.8 Å². The second kappa shape index (κ2) is 9.86. The van der Waals surface area contributed by atoms with Crippen molar-refractivity contribution in [2.24, 2.45) is 0 Å². The molecule has 29 heavy (non-hydrogen) atoms. The largest absolute Gasteiger partial charge is 0.450 e. The van der Waals surface area contributed by atoms with E-state index in [9.17, 15) is 9.59 Å². The fourth-order valence-electron chi connectivity index (χ4n) is 3.26. The molecule has 0 radical (unpaired) electrons. The summed E-state index contributed by atoms with van der Waals surface area (Å²) in [5.41, 5.74) is 1.54. The second-order valence-corrected chi connectivity index (χ2v) is 6.74. The smallest absolute Gasteiger partial charge is 0.409 e. The molecule has 8 nitrogen and oxygen atoms in total. The summed E-state index contributed by atoms with van der Waals surface area (Å²) in [4.78, 5) is 38.7. The average Bonchev–Trinajstić information content (AvgIpc) is 2.78. The molecule has 2 aromatic rings. The normalized spacial score (nSPS) is 13.9. The minimum Gasteiger partial charge on any atom is -0.450 e. The number of ether oxygens (including phenoxy) is 1. The van der Waals surface area contributed by atoms with E-state index < -0.39 is 0 Å². The van der Waals surface area contributed by atoms with Gasteiger partial charge in [-0.15, -0.1) is 0 Å².